The van der Waals surface area contributed by atoms with Crippen LogP contribution in [0.15, 0.2) is 0 Å². The average molecular weight is 234 g/mol. The topological polar surface area (TPSA) is 116 Å². The third-order valence-corrected chi connectivity index (χ3v) is 1.72. The summed E-state index contributed by atoms with van der Waals surface area (Å²) in [5, 5.41) is 19.2. The Morgan fingerprint density at radius 3 is 2.38 bits per heavy atom. The zero-order chi connectivity index (χ0) is 12.7. The summed E-state index contributed by atoms with van der Waals surface area (Å²) in [6.45, 7) is -1.03. The molecule has 0 saturated heterocycles. The predicted octanol–water partition coefficient (Wildman–Crippen LogP) is -1.75. The SMILES string of the molecule is COC(=O)CN(C)C(=O)N[C@H](CO)C(=O)O. The molecule has 0 saturated carbocycles. The van der Waals surface area contributed by atoms with Crippen molar-refractivity contribution in [2.45, 2.75) is 6.04 Å². The van der Waals surface area contributed by atoms with E-state index in [2.05, 4.69) is 4.74 Å². The number of methoxy groups -OCH3 is 1. The Balaban J connectivity index is 4.23. The molecule has 0 aliphatic rings. The molecular weight excluding hydrogens is 220 g/mol. The Kier molecular flexibility index (Phi) is 5.86. The number of ether oxygens (including phenoxy) is 1. The van der Waals surface area contributed by atoms with Crippen LogP contribution in [0, 0.1) is 0 Å². The molecule has 0 spiro atoms. The van der Waals surface area contributed by atoms with Gasteiger partial charge in [0.25, 0.3) is 0 Å². The van der Waals surface area contributed by atoms with E-state index in [0.29, 0.717) is 0 Å². The van der Waals surface area contributed by atoms with Gasteiger partial charge in [-0.3, -0.25) is 4.79 Å². The lowest BCUT2D eigenvalue weighted by molar-refractivity contribution is -0.141. The van der Waals surface area contributed by atoms with E-state index < -0.39 is 30.6 Å². The van der Waals surface area contributed by atoms with Crippen LogP contribution in [0.3, 0.4) is 0 Å². The maximum Gasteiger partial charge on any atom is 0.328 e. The lowest BCUT2D eigenvalue weighted by Crippen LogP contribution is -2.49. The van der Waals surface area contributed by atoms with Crippen molar-refractivity contribution in [3.63, 3.8) is 0 Å². The number of esters is 1. The summed E-state index contributed by atoms with van der Waals surface area (Å²) >= 11 is 0. The van der Waals surface area contributed by atoms with Gasteiger partial charge in [-0.2, -0.15) is 0 Å². The van der Waals surface area contributed by atoms with Gasteiger partial charge in [-0.25, -0.2) is 9.59 Å². The first-order valence-corrected chi connectivity index (χ1v) is 4.34. The number of nitrogens with zero attached hydrogens (tertiary/aromatic N) is 1. The molecule has 16 heavy (non-hydrogen) atoms. The maximum atomic E-state index is 11.3. The van der Waals surface area contributed by atoms with Crippen molar-refractivity contribution in [2.75, 3.05) is 27.3 Å². The number of likely N-dealkylation sites (N-methyl/N-ethyl adjacent to an activating group) is 1. The first-order valence-electron chi connectivity index (χ1n) is 4.34. The van der Waals surface area contributed by atoms with Crippen molar-refractivity contribution < 1.29 is 29.3 Å². The number of carboxylic acid groups (broad SMARTS) is 1. The number of hydrogen-bond acceptors (Lipinski definition) is 5. The number of carbonyl (C=O) groups is 3. The summed E-state index contributed by atoms with van der Waals surface area (Å²) in [5.41, 5.74) is 0. The molecule has 0 aromatic heterocycles. The zero-order valence-electron chi connectivity index (χ0n) is 8.97. The summed E-state index contributed by atoms with van der Waals surface area (Å²) in [4.78, 5) is 33.5. The van der Waals surface area contributed by atoms with E-state index in [0.717, 1.165) is 4.90 Å². The van der Waals surface area contributed by atoms with E-state index in [1.807, 2.05) is 5.32 Å². The van der Waals surface area contributed by atoms with Gasteiger partial charge in [0.2, 0.25) is 0 Å². The highest BCUT2D eigenvalue weighted by atomic mass is 16.5. The smallest absolute Gasteiger partial charge is 0.328 e. The molecule has 8 heteroatoms. The van der Waals surface area contributed by atoms with Crippen LogP contribution in [-0.2, 0) is 14.3 Å². The van der Waals surface area contributed by atoms with E-state index in [-0.39, 0.29) is 6.54 Å². The highest BCUT2D eigenvalue weighted by Crippen LogP contribution is 1.90. The van der Waals surface area contributed by atoms with Crippen LogP contribution in [0.2, 0.25) is 0 Å². The van der Waals surface area contributed by atoms with Gasteiger partial charge in [-0.1, -0.05) is 0 Å². The average Bonchev–Trinajstić information content (AvgIpc) is 2.24. The standard InChI is InChI=1S/C8H14N2O6/c1-10(3-6(12)16-2)8(15)9-5(4-11)7(13)14/h5,11H,3-4H2,1-2H3,(H,9,15)(H,13,14)/t5-/m1/s1. The summed E-state index contributed by atoms with van der Waals surface area (Å²) in [5.74, 6) is -1.99. The number of aliphatic hydroxyl groups excluding tert-OH is 1. The fraction of sp³-hybridized carbons (Fsp3) is 0.625. The molecule has 1 atom stereocenters. The second-order valence-corrected chi connectivity index (χ2v) is 2.96. The van der Waals surface area contributed by atoms with Crippen molar-refractivity contribution >= 4 is 18.0 Å². The van der Waals surface area contributed by atoms with E-state index in [1.54, 1.807) is 0 Å². The van der Waals surface area contributed by atoms with E-state index in [4.69, 9.17) is 10.2 Å². The minimum absolute atomic E-state index is 0.305. The summed E-state index contributed by atoms with van der Waals surface area (Å²) in [7, 11) is 2.46. The number of carbonyl (C=O) groups excluding carboxylic acids is 2. The zero-order valence-corrected chi connectivity index (χ0v) is 8.97. The molecular formula is C8H14N2O6. The molecule has 0 aliphatic heterocycles. The molecule has 92 valence electrons. The van der Waals surface area contributed by atoms with Crippen molar-refractivity contribution in [3.05, 3.63) is 0 Å². The highest BCUT2D eigenvalue weighted by Gasteiger charge is 2.21. The molecule has 0 fully saturated rings. The van der Waals surface area contributed by atoms with Crippen LogP contribution in [0.25, 0.3) is 0 Å². The Hall–Kier alpha value is -1.83. The fourth-order valence-corrected chi connectivity index (χ4v) is 0.775. The molecule has 0 aromatic carbocycles. The second-order valence-electron chi connectivity index (χ2n) is 2.96. The largest absolute Gasteiger partial charge is 0.480 e. The number of urea groups is 1. The molecule has 2 amide bonds. The number of rotatable bonds is 5. The van der Waals surface area contributed by atoms with Crippen LogP contribution in [0.4, 0.5) is 4.79 Å². The number of hydrogen-bond donors (Lipinski definition) is 3. The minimum atomic E-state index is -1.40. The Bertz CT molecular complexity index is 280. The molecule has 0 bridgehead atoms. The van der Waals surface area contributed by atoms with Crippen LogP contribution in [0.5, 0.6) is 0 Å². The van der Waals surface area contributed by atoms with Crippen molar-refractivity contribution in [3.8, 4) is 0 Å². The van der Waals surface area contributed by atoms with Gasteiger partial charge in [0.1, 0.15) is 6.54 Å². The second kappa shape index (κ2) is 6.62. The Labute approximate surface area is 91.8 Å². The molecule has 0 radical (unpaired) electrons. The molecule has 0 aliphatic carbocycles. The van der Waals surface area contributed by atoms with Crippen molar-refractivity contribution in [1.82, 2.24) is 10.2 Å². The van der Waals surface area contributed by atoms with Gasteiger partial charge in [0.15, 0.2) is 6.04 Å². The molecule has 0 aromatic rings. The van der Waals surface area contributed by atoms with Crippen LogP contribution < -0.4 is 5.32 Å². The molecule has 0 unspecified atom stereocenters. The molecule has 3 N–H and O–H groups in total. The molecule has 0 heterocycles. The Morgan fingerprint density at radius 2 is 2.00 bits per heavy atom. The minimum Gasteiger partial charge on any atom is -0.480 e. The maximum absolute atomic E-state index is 11.3. The lowest BCUT2D eigenvalue weighted by atomic mass is 10.3. The monoisotopic (exact) mass is 234 g/mol. The Morgan fingerprint density at radius 1 is 1.44 bits per heavy atom. The third-order valence-electron chi connectivity index (χ3n) is 1.72. The van der Waals surface area contributed by atoms with Gasteiger partial charge in [0.05, 0.1) is 13.7 Å². The van der Waals surface area contributed by atoms with Gasteiger partial charge in [0, 0.05) is 7.05 Å². The first kappa shape index (κ1) is 14.2. The number of amides is 2. The summed E-state index contributed by atoms with van der Waals surface area (Å²) in [6.07, 6.45) is 0. The van der Waals surface area contributed by atoms with Gasteiger partial charge in [-0.05, 0) is 0 Å². The third kappa shape index (κ3) is 4.60. The number of carboxylic acids is 1. The van der Waals surface area contributed by atoms with Gasteiger partial charge in [-0.15, -0.1) is 0 Å². The fourth-order valence-electron chi connectivity index (χ4n) is 0.775. The quantitative estimate of drug-likeness (QED) is 0.485. The van der Waals surface area contributed by atoms with Crippen LogP contribution in [0.1, 0.15) is 0 Å². The summed E-state index contributed by atoms with van der Waals surface area (Å²) in [6, 6.07) is -2.18. The van der Waals surface area contributed by atoms with Crippen LogP contribution in [-0.4, -0.2) is 66.4 Å². The number of aliphatic carboxylic acids is 1. The molecule has 0 rings (SSSR count). The van der Waals surface area contributed by atoms with E-state index in [1.165, 1.54) is 14.2 Å². The van der Waals surface area contributed by atoms with Crippen molar-refractivity contribution in [1.29, 1.82) is 0 Å². The van der Waals surface area contributed by atoms with Crippen LogP contribution >= 0.6 is 0 Å². The lowest BCUT2D eigenvalue weighted by Gasteiger charge is -2.19. The van der Waals surface area contributed by atoms with E-state index in [9.17, 15) is 14.4 Å². The first-order chi connectivity index (χ1) is 7.42. The molecule has 8 nitrogen and oxygen atoms in total. The number of nitrogens with one attached hydrogen (secondary N) is 1. The predicted molar refractivity (Wildman–Crippen MR) is 51.7 cm³/mol. The number of aliphatic hydroxyl groups is 1. The van der Waals surface area contributed by atoms with Gasteiger partial charge >= 0.3 is 18.0 Å². The van der Waals surface area contributed by atoms with Crippen molar-refractivity contribution in [2.24, 2.45) is 0 Å². The highest BCUT2D eigenvalue weighted by molar-refractivity contribution is 5.85. The normalized spacial score (nSPS) is 11.4. The van der Waals surface area contributed by atoms with E-state index >= 15 is 0 Å². The summed E-state index contributed by atoms with van der Waals surface area (Å²) < 4.78 is 4.32. The van der Waals surface area contributed by atoms with Gasteiger partial charge < -0.3 is 25.2 Å².